The number of hydrogen-bond donors (Lipinski definition) is 1. The highest BCUT2D eigenvalue weighted by Crippen LogP contribution is 2.25. The van der Waals surface area contributed by atoms with E-state index in [0.29, 0.717) is 0 Å². The van der Waals surface area contributed by atoms with Gasteiger partial charge in [-0.1, -0.05) is 19.1 Å². The molecule has 1 fully saturated rings. The molecule has 0 radical (unpaired) electrons. The van der Waals surface area contributed by atoms with Gasteiger partial charge in [-0.15, -0.1) is 0 Å². The maximum absolute atomic E-state index is 3.87. The molecule has 0 aromatic heterocycles. The van der Waals surface area contributed by atoms with Crippen molar-refractivity contribution in [1.82, 2.24) is 5.32 Å². The van der Waals surface area contributed by atoms with Crippen molar-refractivity contribution in [2.45, 2.75) is 31.6 Å². The zero-order valence-electron chi connectivity index (χ0n) is 7.39. The average Bonchev–Trinajstić information content (AvgIpc) is 2.31. The van der Waals surface area contributed by atoms with Crippen molar-refractivity contribution in [3.05, 3.63) is 12.2 Å². The summed E-state index contributed by atoms with van der Waals surface area (Å²) in [5.41, 5.74) is 1.23. The molecule has 0 saturated carbocycles. The first kappa shape index (κ1) is 9.14. The van der Waals surface area contributed by atoms with E-state index in [1.807, 2.05) is 0 Å². The zero-order chi connectivity index (χ0) is 8.27. The molecule has 1 heterocycles. The smallest absolute Gasteiger partial charge is 0.0171 e. The van der Waals surface area contributed by atoms with Gasteiger partial charge in [-0.2, -0.15) is 11.8 Å². The molecule has 2 heteroatoms. The molecule has 0 aromatic carbocycles. The van der Waals surface area contributed by atoms with Gasteiger partial charge in [-0.25, -0.2) is 0 Å². The van der Waals surface area contributed by atoms with E-state index in [0.717, 1.165) is 17.8 Å². The normalized spacial score (nSPS) is 30.7. The Morgan fingerprint density at radius 2 is 2.45 bits per heavy atom. The SMILES string of the molecule is C=C(C)CNC1CSC(C)C1. The summed E-state index contributed by atoms with van der Waals surface area (Å²) in [5.74, 6) is 1.27. The Kier molecular flexibility index (Phi) is 3.46. The molecule has 1 nitrogen and oxygen atoms in total. The molecule has 1 aliphatic rings. The molecule has 1 saturated heterocycles. The molecule has 0 bridgehead atoms. The van der Waals surface area contributed by atoms with Crippen LogP contribution >= 0.6 is 11.8 Å². The van der Waals surface area contributed by atoms with Crippen LogP contribution in [-0.4, -0.2) is 23.6 Å². The van der Waals surface area contributed by atoms with Crippen molar-refractivity contribution in [2.75, 3.05) is 12.3 Å². The lowest BCUT2D eigenvalue weighted by molar-refractivity contribution is 0.564. The molecule has 1 rings (SSSR count). The fourth-order valence-corrected chi connectivity index (χ4v) is 2.46. The van der Waals surface area contributed by atoms with E-state index in [-0.39, 0.29) is 0 Å². The van der Waals surface area contributed by atoms with Gasteiger partial charge in [-0.05, 0) is 13.3 Å². The second-order valence-electron chi connectivity index (χ2n) is 3.41. The highest BCUT2D eigenvalue weighted by atomic mass is 32.2. The Bertz CT molecular complexity index is 144. The molecule has 0 amide bonds. The predicted octanol–water partition coefficient (Wildman–Crippen LogP) is 2.05. The Balaban J connectivity index is 2.13. The van der Waals surface area contributed by atoms with Crippen molar-refractivity contribution < 1.29 is 0 Å². The van der Waals surface area contributed by atoms with E-state index in [4.69, 9.17) is 0 Å². The number of hydrogen-bond acceptors (Lipinski definition) is 2. The minimum Gasteiger partial charge on any atom is -0.309 e. The van der Waals surface area contributed by atoms with Crippen LogP contribution in [-0.2, 0) is 0 Å². The van der Waals surface area contributed by atoms with Gasteiger partial charge in [-0.3, -0.25) is 0 Å². The maximum atomic E-state index is 3.87. The van der Waals surface area contributed by atoms with E-state index in [2.05, 4.69) is 37.5 Å². The Morgan fingerprint density at radius 3 is 2.91 bits per heavy atom. The van der Waals surface area contributed by atoms with Gasteiger partial charge < -0.3 is 5.32 Å². The Hall–Kier alpha value is 0.0500. The summed E-state index contributed by atoms with van der Waals surface area (Å²) < 4.78 is 0. The van der Waals surface area contributed by atoms with Crippen LogP contribution in [0.4, 0.5) is 0 Å². The van der Waals surface area contributed by atoms with Crippen molar-refractivity contribution in [3.63, 3.8) is 0 Å². The van der Waals surface area contributed by atoms with Crippen LogP contribution < -0.4 is 5.32 Å². The highest BCUT2D eigenvalue weighted by molar-refractivity contribution is 8.00. The molecule has 0 aromatic rings. The van der Waals surface area contributed by atoms with Crippen molar-refractivity contribution >= 4 is 11.8 Å². The summed E-state index contributed by atoms with van der Waals surface area (Å²) in [6.45, 7) is 9.22. The largest absolute Gasteiger partial charge is 0.309 e. The van der Waals surface area contributed by atoms with Crippen molar-refractivity contribution in [2.24, 2.45) is 0 Å². The molecular weight excluding hydrogens is 154 g/mol. The average molecular weight is 171 g/mol. The molecule has 1 N–H and O–H groups in total. The van der Waals surface area contributed by atoms with Crippen LogP contribution in [0, 0.1) is 0 Å². The second kappa shape index (κ2) is 4.17. The van der Waals surface area contributed by atoms with E-state index in [9.17, 15) is 0 Å². The van der Waals surface area contributed by atoms with E-state index >= 15 is 0 Å². The summed E-state index contributed by atoms with van der Waals surface area (Å²) in [7, 11) is 0. The highest BCUT2D eigenvalue weighted by Gasteiger charge is 2.20. The Labute approximate surface area is 73.6 Å². The van der Waals surface area contributed by atoms with Crippen LogP contribution in [0.1, 0.15) is 20.3 Å². The van der Waals surface area contributed by atoms with Crippen LogP contribution in [0.3, 0.4) is 0 Å². The summed E-state index contributed by atoms with van der Waals surface area (Å²) in [6, 6.07) is 0.728. The molecule has 2 unspecified atom stereocenters. The molecule has 11 heavy (non-hydrogen) atoms. The molecule has 0 aliphatic carbocycles. The summed E-state index contributed by atoms with van der Waals surface area (Å²) in [4.78, 5) is 0. The van der Waals surface area contributed by atoms with Crippen molar-refractivity contribution in [1.29, 1.82) is 0 Å². The van der Waals surface area contributed by atoms with Gasteiger partial charge in [0, 0.05) is 23.6 Å². The van der Waals surface area contributed by atoms with Gasteiger partial charge in [0.15, 0.2) is 0 Å². The molecule has 64 valence electrons. The lowest BCUT2D eigenvalue weighted by atomic mass is 10.2. The van der Waals surface area contributed by atoms with Gasteiger partial charge >= 0.3 is 0 Å². The molecule has 0 spiro atoms. The standard InChI is InChI=1S/C9H17NS/c1-7(2)5-10-9-4-8(3)11-6-9/h8-10H,1,4-6H2,2-3H3. The van der Waals surface area contributed by atoms with E-state index < -0.39 is 0 Å². The van der Waals surface area contributed by atoms with Crippen LogP contribution in [0.25, 0.3) is 0 Å². The Morgan fingerprint density at radius 1 is 1.73 bits per heavy atom. The number of nitrogens with one attached hydrogen (secondary N) is 1. The topological polar surface area (TPSA) is 12.0 Å². The second-order valence-corrected chi connectivity index (χ2v) is 4.89. The maximum Gasteiger partial charge on any atom is 0.0171 e. The van der Waals surface area contributed by atoms with E-state index in [1.54, 1.807) is 0 Å². The van der Waals surface area contributed by atoms with Gasteiger partial charge in [0.2, 0.25) is 0 Å². The van der Waals surface area contributed by atoms with Crippen LogP contribution in [0.5, 0.6) is 0 Å². The lowest BCUT2D eigenvalue weighted by Crippen LogP contribution is -2.30. The summed E-state index contributed by atoms with van der Waals surface area (Å²) >= 11 is 2.06. The molecule has 1 aliphatic heterocycles. The zero-order valence-corrected chi connectivity index (χ0v) is 8.21. The third kappa shape index (κ3) is 3.30. The summed E-state index contributed by atoms with van der Waals surface area (Å²) in [6.07, 6.45) is 1.32. The number of rotatable bonds is 3. The lowest BCUT2D eigenvalue weighted by Gasteiger charge is -2.10. The van der Waals surface area contributed by atoms with Crippen LogP contribution in [0.2, 0.25) is 0 Å². The first-order chi connectivity index (χ1) is 5.18. The molecule has 2 atom stereocenters. The van der Waals surface area contributed by atoms with E-state index in [1.165, 1.54) is 17.7 Å². The fourth-order valence-electron chi connectivity index (χ4n) is 1.28. The van der Waals surface area contributed by atoms with Crippen molar-refractivity contribution in [3.8, 4) is 0 Å². The first-order valence-corrected chi connectivity index (χ1v) is 5.22. The first-order valence-electron chi connectivity index (χ1n) is 4.18. The number of thioether (sulfide) groups is 1. The summed E-state index contributed by atoms with van der Waals surface area (Å²) in [5, 5.41) is 4.34. The van der Waals surface area contributed by atoms with Gasteiger partial charge in [0.25, 0.3) is 0 Å². The quantitative estimate of drug-likeness (QED) is 0.652. The fraction of sp³-hybridized carbons (Fsp3) is 0.778. The van der Waals surface area contributed by atoms with Gasteiger partial charge in [0.05, 0.1) is 0 Å². The monoisotopic (exact) mass is 171 g/mol. The predicted molar refractivity (Wildman–Crippen MR) is 53.1 cm³/mol. The third-order valence-corrected chi connectivity index (χ3v) is 3.25. The van der Waals surface area contributed by atoms with Gasteiger partial charge in [0.1, 0.15) is 0 Å². The van der Waals surface area contributed by atoms with Crippen LogP contribution in [0.15, 0.2) is 12.2 Å². The minimum atomic E-state index is 0.728. The minimum absolute atomic E-state index is 0.728. The third-order valence-electron chi connectivity index (χ3n) is 1.89. The molecular formula is C9H17NS.